The highest BCUT2D eigenvalue weighted by molar-refractivity contribution is 5.95. The van der Waals surface area contributed by atoms with Crippen LogP contribution in [0.2, 0.25) is 0 Å². The molecule has 0 bridgehead atoms. The predicted octanol–water partition coefficient (Wildman–Crippen LogP) is 1.43. The first-order valence-electron chi connectivity index (χ1n) is 14.2. The third kappa shape index (κ3) is 7.61. The minimum Gasteiger partial charge on any atom is -0.481 e. The summed E-state index contributed by atoms with van der Waals surface area (Å²) < 4.78 is 0. The fourth-order valence-electron chi connectivity index (χ4n) is 5.06. The Bertz CT molecular complexity index is 1680. The van der Waals surface area contributed by atoms with Crippen LogP contribution in [0, 0.1) is 5.92 Å². The van der Waals surface area contributed by atoms with Crippen LogP contribution in [0.1, 0.15) is 31.4 Å². The second-order valence-electron chi connectivity index (χ2n) is 11.0. The van der Waals surface area contributed by atoms with Gasteiger partial charge in [-0.3, -0.25) is 19.2 Å². The molecule has 0 aliphatic carbocycles. The second kappa shape index (κ2) is 13.9. The fraction of sp³-hybridized carbons (Fsp3) is 0.323. The molecular weight excluding hydrogens is 568 g/mol. The van der Waals surface area contributed by atoms with E-state index in [1.165, 1.54) is 0 Å². The molecule has 0 saturated carbocycles. The topological polar surface area (TPSA) is 219 Å². The summed E-state index contributed by atoms with van der Waals surface area (Å²) in [4.78, 5) is 69.0. The summed E-state index contributed by atoms with van der Waals surface area (Å²) in [6.45, 7) is 3.28. The van der Waals surface area contributed by atoms with Crippen LogP contribution in [0.3, 0.4) is 0 Å². The van der Waals surface area contributed by atoms with Crippen molar-refractivity contribution in [2.75, 3.05) is 0 Å². The van der Waals surface area contributed by atoms with Crippen LogP contribution < -0.4 is 21.7 Å². The molecule has 13 heteroatoms. The van der Waals surface area contributed by atoms with Gasteiger partial charge < -0.3 is 41.9 Å². The summed E-state index contributed by atoms with van der Waals surface area (Å²) in [6, 6.07) is 9.99. The van der Waals surface area contributed by atoms with Crippen molar-refractivity contribution < 1.29 is 34.2 Å². The zero-order chi connectivity index (χ0) is 32.0. The highest BCUT2D eigenvalue weighted by atomic mass is 16.4. The van der Waals surface area contributed by atoms with Crippen LogP contribution in [0.4, 0.5) is 0 Å². The lowest BCUT2D eigenvalue weighted by atomic mass is 9.99. The van der Waals surface area contributed by atoms with Gasteiger partial charge in [-0.25, -0.2) is 4.79 Å². The van der Waals surface area contributed by atoms with Crippen molar-refractivity contribution in [2.45, 2.75) is 57.3 Å². The molecule has 4 rings (SSSR count). The van der Waals surface area contributed by atoms with Gasteiger partial charge >= 0.3 is 11.9 Å². The normalized spacial score (nSPS) is 14.1. The van der Waals surface area contributed by atoms with Gasteiger partial charge in [0.15, 0.2) is 0 Å². The number of rotatable bonds is 14. The number of carbonyl (C=O) groups excluding carboxylic acids is 3. The highest BCUT2D eigenvalue weighted by Crippen LogP contribution is 2.21. The Kier molecular flexibility index (Phi) is 10.0. The third-order valence-electron chi connectivity index (χ3n) is 7.42. The summed E-state index contributed by atoms with van der Waals surface area (Å²) in [5.41, 5.74) is 9.62. The summed E-state index contributed by atoms with van der Waals surface area (Å²) in [5.74, 6) is -5.58. The number of carboxylic acids is 2. The number of amides is 3. The zero-order valence-corrected chi connectivity index (χ0v) is 24.3. The second-order valence-corrected chi connectivity index (χ2v) is 11.0. The molecule has 2 aromatic carbocycles. The fourth-order valence-corrected chi connectivity index (χ4v) is 5.06. The number of para-hydroxylation sites is 2. The Morgan fingerprint density at radius 1 is 0.727 bits per heavy atom. The molecule has 232 valence electrons. The van der Waals surface area contributed by atoms with E-state index in [0.29, 0.717) is 0 Å². The van der Waals surface area contributed by atoms with Crippen molar-refractivity contribution in [3.05, 3.63) is 72.1 Å². The molecule has 0 fully saturated rings. The molecule has 0 aliphatic heterocycles. The number of nitrogens with two attached hydrogens (primary N) is 1. The molecule has 4 aromatic rings. The van der Waals surface area contributed by atoms with Crippen molar-refractivity contribution in [3.63, 3.8) is 0 Å². The van der Waals surface area contributed by atoms with E-state index in [0.717, 1.165) is 32.9 Å². The van der Waals surface area contributed by atoms with E-state index < -0.39 is 66.2 Å². The Hall–Kier alpha value is -5.17. The number of aromatic nitrogens is 2. The van der Waals surface area contributed by atoms with Gasteiger partial charge in [-0.05, 0) is 35.6 Å². The SMILES string of the molecule is CC(C)C(NC(=O)C(Cc1c[nH]c2ccccc12)NC(=O)C(N)Cc1c[nH]c2ccccc12)C(=O)NC(CC(=O)O)C(=O)O. The first kappa shape index (κ1) is 31.8. The molecule has 0 radical (unpaired) electrons. The van der Waals surface area contributed by atoms with E-state index in [2.05, 4.69) is 25.9 Å². The summed E-state index contributed by atoms with van der Waals surface area (Å²) >= 11 is 0. The van der Waals surface area contributed by atoms with Gasteiger partial charge in [0.05, 0.1) is 12.5 Å². The first-order chi connectivity index (χ1) is 20.9. The molecule has 0 saturated heterocycles. The van der Waals surface area contributed by atoms with E-state index in [9.17, 15) is 29.1 Å². The monoisotopic (exact) mass is 604 g/mol. The van der Waals surface area contributed by atoms with Gasteiger partial charge in [0.1, 0.15) is 18.1 Å². The molecule has 0 spiro atoms. The van der Waals surface area contributed by atoms with Crippen LogP contribution >= 0.6 is 0 Å². The van der Waals surface area contributed by atoms with Crippen LogP contribution in [-0.4, -0.2) is 74.0 Å². The minimum absolute atomic E-state index is 0.0601. The molecular formula is C31H36N6O7. The lowest BCUT2D eigenvalue weighted by molar-refractivity contribution is -0.147. The van der Waals surface area contributed by atoms with Gasteiger partial charge in [-0.2, -0.15) is 0 Å². The Morgan fingerprint density at radius 2 is 1.25 bits per heavy atom. The van der Waals surface area contributed by atoms with Crippen molar-refractivity contribution in [2.24, 2.45) is 11.7 Å². The number of aliphatic carboxylic acids is 2. The molecule has 0 aliphatic rings. The quantitative estimate of drug-likeness (QED) is 0.105. The van der Waals surface area contributed by atoms with E-state index in [1.807, 2.05) is 48.5 Å². The van der Waals surface area contributed by atoms with Gasteiger partial charge in [0, 0.05) is 40.6 Å². The summed E-state index contributed by atoms with van der Waals surface area (Å²) in [7, 11) is 0. The van der Waals surface area contributed by atoms with Crippen molar-refractivity contribution in [1.29, 1.82) is 0 Å². The predicted molar refractivity (Wildman–Crippen MR) is 162 cm³/mol. The molecule has 4 atom stereocenters. The summed E-state index contributed by atoms with van der Waals surface area (Å²) in [5, 5.41) is 27.7. The lowest BCUT2D eigenvalue weighted by Gasteiger charge is -2.27. The Balaban J connectivity index is 1.54. The van der Waals surface area contributed by atoms with E-state index in [1.54, 1.807) is 26.2 Å². The largest absolute Gasteiger partial charge is 0.481 e. The van der Waals surface area contributed by atoms with E-state index >= 15 is 0 Å². The number of H-pyrrole nitrogens is 2. The Morgan fingerprint density at radius 3 is 1.77 bits per heavy atom. The average molecular weight is 605 g/mol. The zero-order valence-electron chi connectivity index (χ0n) is 24.3. The first-order valence-corrected chi connectivity index (χ1v) is 14.2. The van der Waals surface area contributed by atoms with Crippen molar-refractivity contribution in [3.8, 4) is 0 Å². The van der Waals surface area contributed by atoms with Gasteiger partial charge in [0.25, 0.3) is 0 Å². The maximum Gasteiger partial charge on any atom is 0.326 e. The standard InChI is InChI=1S/C31H36N6O7/c1-16(2)27(30(42)36-25(31(43)44)13-26(38)39)37-29(41)24(12-18-15-34-23-10-6-4-8-20(18)23)35-28(40)21(32)11-17-14-33-22-9-5-3-7-19(17)22/h3-10,14-16,21,24-25,27,33-34H,11-13,32H2,1-2H3,(H,35,40)(H,36,42)(H,37,41)(H,38,39)(H,43,44). The smallest absolute Gasteiger partial charge is 0.326 e. The number of hydrogen-bond donors (Lipinski definition) is 8. The molecule has 13 nitrogen and oxygen atoms in total. The van der Waals surface area contributed by atoms with Crippen LogP contribution in [0.5, 0.6) is 0 Å². The van der Waals surface area contributed by atoms with Crippen LogP contribution in [-0.2, 0) is 36.8 Å². The minimum atomic E-state index is -1.69. The number of fused-ring (bicyclic) bond motifs is 2. The lowest BCUT2D eigenvalue weighted by Crippen LogP contribution is -2.59. The van der Waals surface area contributed by atoms with Gasteiger partial charge in [-0.1, -0.05) is 50.2 Å². The summed E-state index contributed by atoms with van der Waals surface area (Å²) in [6.07, 6.45) is 2.94. The average Bonchev–Trinajstić information content (AvgIpc) is 3.58. The van der Waals surface area contributed by atoms with Gasteiger partial charge in [0.2, 0.25) is 17.7 Å². The number of aromatic amines is 2. The maximum absolute atomic E-state index is 13.7. The molecule has 9 N–H and O–H groups in total. The number of carboxylic acid groups (broad SMARTS) is 2. The maximum atomic E-state index is 13.7. The molecule has 2 heterocycles. The van der Waals surface area contributed by atoms with Crippen LogP contribution in [0.25, 0.3) is 21.8 Å². The number of nitrogens with one attached hydrogen (secondary N) is 5. The van der Waals surface area contributed by atoms with E-state index in [-0.39, 0.29) is 12.8 Å². The molecule has 3 amide bonds. The number of hydrogen-bond acceptors (Lipinski definition) is 6. The third-order valence-corrected chi connectivity index (χ3v) is 7.42. The highest BCUT2D eigenvalue weighted by Gasteiger charge is 2.33. The van der Waals surface area contributed by atoms with Gasteiger partial charge in [-0.15, -0.1) is 0 Å². The van der Waals surface area contributed by atoms with Crippen LogP contribution in [0.15, 0.2) is 60.9 Å². The van der Waals surface area contributed by atoms with Crippen molar-refractivity contribution >= 4 is 51.5 Å². The Labute approximate surface area is 252 Å². The molecule has 2 aromatic heterocycles. The molecule has 4 unspecified atom stereocenters. The van der Waals surface area contributed by atoms with Crippen molar-refractivity contribution in [1.82, 2.24) is 25.9 Å². The molecule has 44 heavy (non-hydrogen) atoms. The number of carbonyl (C=O) groups is 5. The van der Waals surface area contributed by atoms with E-state index in [4.69, 9.17) is 10.8 Å². The number of benzene rings is 2.